The number of halogens is 2. The van der Waals surface area contributed by atoms with E-state index in [4.69, 9.17) is 5.73 Å². The zero-order chi connectivity index (χ0) is 15.7. The average Bonchev–Trinajstić information content (AvgIpc) is 2.32. The van der Waals surface area contributed by atoms with Crippen LogP contribution in [0.25, 0.3) is 0 Å². The van der Waals surface area contributed by atoms with Crippen LogP contribution < -0.4 is 11.1 Å². The number of amides is 1. The first-order valence-corrected chi connectivity index (χ1v) is 8.02. The Morgan fingerprint density at radius 1 is 1.00 bits per heavy atom. The van der Waals surface area contributed by atoms with Crippen molar-refractivity contribution in [3.8, 4) is 0 Å². The standard InChI is InChI=1S/C16H16Br2N2O/c1-8-4-9(2)14(10(3)5-8)16(21)20-15-12(17)6-11(19)7-13(15)18/h4-7H,19H2,1-3H3,(H,20,21). The number of nitrogens with one attached hydrogen (secondary N) is 1. The van der Waals surface area contributed by atoms with E-state index in [1.54, 1.807) is 12.1 Å². The maximum atomic E-state index is 12.6. The molecule has 3 N–H and O–H groups in total. The van der Waals surface area contributed by atoms with Crippen LogP contribution in [0.2, 0.25) is 0 Å². The number of nitrogen functional groups attached to an aromatic ring is 1. The van der Waals surface area contributed by atoms with Crippen molar-refractivity contribution in [2.75, 3.05) is 11.1 Å². The predicted octanol–water partition coefficient (Wildman–Crippen LogP) is 4.97. The monoisotopic (exact) mass is 410 g/mol. The van der Waals surface area contributed by atoms with Gasteiger partial charge in [-0.25, -0.2) is 0 Å². The molecule has 1 amide bonds. The average molecular weight is 412 g/mol. The van der Waals surface area contributed by atoms with Crippen molar-refractivity contribution in [1.29, 1.82) is 0 Å². The van der Waals surface area contributed by atoms with E-state index in [-0.39, 0.29) is 5.91 Å². The maximum absolute atomic E-state index is 12.6. The van der Waals surface area contributed by atoms with E-state index in [2.05, 4.69) is 37.2 Å². The van der Waals surface area contributed by atoms with Gasteiger partial charge in [-0.15, -0.1) is 0 Å². The molecule has 0 atom stereocenters. The number of carbonyl (C=O) groups is 1. The Morgan fingerprint density at radius 3 is 1.95 bits per heavy atom. The predicted molar refractivity (Wildman–Crippen MR) is 94.9 cm³/mol. The summed E-state index contributed by atoms with van der Waals surface area (Å²) in [6.45, 7) is 5.92. The lowest BCUT2D eigenvalue weighted by Gasteiger charge is -2.14. The summed E-state index contributed by atoms with van der Waals surface area (Å²) < 4.78 is 1.48. The molecule has 0 bridgehead atoms. The summed E-state index contributed by atoms with van der Waals surface area (Å²) in [6.07, 6.45) is 0. The van der Waals surface area contributed by atoms with Gasteiger partial charge < -0.3 is 11.1 Å². The normalized spacial score (nSPS) is 10.5. The minimum absolute atomic E-state index is 0.129. The van der Waals surface area contributed by atoms with E-state index >= 15 is 0 Å². The van der Waals surface area contributed by atoms with Crippen LogP contribution in [0.4, 0.5) is 11.4 Å². The molecule has 110 valence electrons. The van der Waals surface area contributed by atoms with Crippen LogP contribution in [0, 0.1) is 20.8 Å². The molecule has 0 heterocycles. The Kier molecular flexibility index (Phi) is 4.74. The second kappa shape index (κ2) is 6.20. The molecule has 0 unspecified atom stereocenters. The van der Waals surface area contributed by atoms with Gasteiger partial charge in [0.15, 0.2) is 0 Å². The number of nitrogens with two attached hydrogens (primary N) is 1. The van der Waals surface area contributed by atoms with Gasteiger partial charge in [0.2, 0.25) is 0 Å². The third-order valence-electron chi connectivity index (χ3n) is 3.21. The third-order valence-corrected chi connectivity index (χ3v) is 4.46. The molecule has 5 heteroatoms. The molecule has 0 radical (unpaired) electrons. The van der Waals surface area contributed by atoms with Crippen LogP contribution in [0.15, 0.2) is 33.2 Å². The number of hydrogen-bond acceptors (Lipinski definition) is 2. The zero-order valence-electron chi connectivity index (χ0n) is 12.1. The van der Waals surface area contributed by atoms with Gasteiger partial charge in [0.05, 0.1) is 5.69 Å². The molecule has 0 saturated carbocycles. The van der Waals surface area contributed by atoms with Crippen molar-refractivity contribution in [3.05, 3.63) is 55.5 Å². The van der Waals surface area contributed by atoms with Gasteiger partial charge in [0, 0.05) is 20.2 Å². The fourth-order valence-electron chi connectivity index (χ4n) is 2.43. The molecule has 0 fully saturated rings. The van der Waals surface area contributed by atoms with Crippen LogP contribution in [0.3, 0.4) is 0 Å². The Morgan fingerprint density at radius 2 is 1.48 bits per heavy atom. The molecule has 0 aromatic heterocycles. The van der Waals surface area contributed by atoms with Crippen LogP contribution in [-0.2, 0) is 0 Å². The smallest absolute Gasteiger partial charge is 0.256 e. The summed E-state index contributed by atoms with van der Waals surface area (Å²) in [4.78, 5) is 12.6. The molecule has 0 spiro atoms. The molecule has 0 saturated heterocycles. The van der Waals surface area contributed by atoms with Crippen molar-refractivity contribution >= 4 is 49.1 Å². The fraction of sp³-hybridized carbons (Fsp3) is 0.188. The highest BCUT2D eigenvalue weighted by Crippen LogP contribution is 2.34. The minimum atomic E-state index is -0.129. The van der Waals surface area contributed by atoms with E-state index in [1.165, 1.54) is 0 Å². The zero-order valence-corrected chi connectivity index (χ0v) is 15.2. The molecule has 3 nitrogen and oxygen atoms in total. The molecule has 2 aromatic rings. The molecule has 0 aliphatic heterocycles. The second-order valence-electron chi connectivity index (χ2n) is 5.09. The molecule has 0 aliphatic carbocycles. The second-order valence-corrected chi connectivity index (χ2v) is 6.80. The third kappa shape index (κ3) is 3.47. The first kappa shape index (κ1) is 16.0. The maximum Gasteiger partial charge on any atom is 0.256 e. The van der Waals surface area contributed by atoms with Gasteiger partial charge in [-0.3, -0.25) is 4.79 Å². The highest BCUT2D eigenvalue weighted by molar-refractivity contribution is 9.11. The number of aryl methyl sites for hydroxylation is 3. The number of benzene rings is 2. The summed E-state index contributed by atoms with van der Waals surface area (Å²) in [5.41, 5.74) is 10.8. The van der Waals surface area contributed by atoms with Gasteiger partial charge in [-0.05, 0) is 75.9 Å². The van der Waals surface area contributed by atoms with E-state index < -0.39 is 0 Å². The number of rotatable bonds is 2. The number of anilines is 2. The van der Waals surface area contributed by atoms with Gasteiger partial charge in [0.1, 0.15) is 0 Å². The van der Waals surface area contributed by atoms with Crippen LogP contribution in [0.1, 0.15) is 27.0 Å². The molecule has 0 aliphatic rings. The molecule has 2 aromatic carbocycles. The van der Waals surface area contributed by atoms with E-state index in [9.17, 15) is 4.79 Å². The Balaban J connectivity index is 2.40. The van der Waals surface area contributed by atoms with E-state index in [1.807, 2.05) is 32.9 Å². The van der Waals surface area contributed by atoms with Crippen molar-refractivity contribution in [2.45, 2.75) is 20.8 Å². The lowest BCUT2D eigenvalue weighted by molar-refractivity contribution is 0.102. The first-order valence-electron chi connectivity index (χ1n) is 6.43. The van der Waals surface area contributed by atoms with Crippen LogP contribution in [0.5, 0.6) is 0 Å². The number of hydrogen-bond donors (Lipinski definition) is 2. The van der Waals surface area contributed by atoms with Crippen molar-refractivity contribution in [3.63, 3.8) is 0 Å². The summed E-state index contributed by atoms with van der Waals surface area (Å²) >= 11 is 6.85. The van der Waals surface area contributed by atoms with Crippen molar-refractivity contribution in [1.82, 2.24) is 0 Å². The Bertz CT molecular complexity index is 680. The largest absolute Gasteiger partial charge is 0.399 e. The van der Waals surface area contributed by atoms with Gasteiger partial charge in [0.25, 0.3) is 5.91 Å². The minimum Gasteiger partial charge on any atom is -0.399 e. The van der Waals surface area contributed by atoms with Crippen LogP contribution in [-0.4, -0.2) is 5.91 Å². The summed E-state index contributed by atoms with van der Waals surface area (Å²) in [7, 11) is 0. The summed E-state index contributed by atoms with van der Waals surface area (Å²) in [5.74, 6) is -0.129. The lowest BCUT2D eigenvalue weighted by Crippen LogP contribution is -2.16. The van der Waals surface area contributed by atoms with Crippen molar-refractivity contribution < 1.29 is 4.79 Å². The summed E-state index contributed by atoms with van der Waals surface area (Å²) in [5, 5.41) is 2.93. The highest BCUT2D eigenvalue weighted by Gasteiger charge is 2.16. The molecule has 2 rings (SSSR count). The SMILES string of the molecule is Cc1cc(C)c(C(=O)Nc2c(Br)cc(N)cc2Br)c(C)c1. The van der Waals surface area contributed by atoms with E-state index in [0.29, 0.717) is 16.9 Å². The Labute approximate surface area is 141 Å². The first-order chi connectivity index (χ1) is 9.79. The topological polar surface area (TPSA) is 55.1 Å². The number of carbonyl (C=O) groups excluding carboxylic acids is 1. The lowest BCUT2D eigenvalue weighted by atomic mass is 9.99. The van der Waals surface area contributed by atoms with Crippen molar-refractivity contribution in [2.24, 2.45) is 0 Å². The van der Waals surface area contributed by atoms with Gasteiger partial charge >= 0.3 is 0 Å². The quantitative estimate of drug-likeness (QED) is 0.685. The van der Waals surface area contributed by atoms with Gasteiger partial charge in [-0.1, -0.05) is 17.7 Å². The molecular weight excluding hydrogens is 396 g/mol. The molecule has 21 heavy (non-hydrogen) atoms. The van der Waals surface area contributed by atoms with Gasteiger partial charge in [-0.2, -0.15) is 0 Å². The fourth-order valence-corrected chi connectivity index (χ4v) is 3.85. The Hall–Kier alpha value is -1.33. The highest BCUT2D eigenvalue weighted by atomic mass is 79.9. The van der Waals surface area contributed by atoms with E-state index in [0.717, 1.165) is 25.6 Å². The van der Waals surface area contributed by atoms with Crippen LogP contribution >= 0.6 is 31.9 Å². The summed E-state index contributed by atoms with van der Waals surface area (Å²) in [6, 6.07) is 7.54. The molecular formula is C16H16Br2N2O.